The number of phenols is 1. The molecule has 4 N–H and O–H groups in total. The van der Waals surface area contributed by atoms with Crippen molar-refractivity contribution >= 4 is 23.1 Å². The number of hydrogen-bond donors (Lipinski definition) is 3. The molecule has 1 aliphatic rings. The first-order valence-electron chi connectivity index (χ1n) is 6.87. The molecule has 0 saturated heterocycles. The maximum absolute atomic E-state index is 12.4. The summed E-state index contributed by atoms with van der Waals surface area (Å²) in [5, 5.41) is 12.4. The van der Waals surface area contributed by atoms with Gasteiger partial charge in [0.2, 0.25) is 0 Å². The maximum atomic E-state index is 12.4. The lowest BCUT2D eigenvalue weighted by Crippen LogP contribution is -2.57. The topological polar surface area (TPSA) is 75.3 Å². The third kappa shape index (κ3) is 2.93. The third-order valence-corrected chi connectivity index (χ3v) is 4.38. The molecule has 0 heterocycles. The van der Waals surface area contributed by atoms with E-state index in [1.807, 2.05) is 0 Å². The molecular weight excluding hydrogens is 272 g/mol. The largest absolute Gasteiger partial charge is 0.508 e. The van der Waals surface area contributed by atoms with Gasteiger partial charge in [-0.2, -0.15) is 0 Å². The second-order valence-electron chi connectivity index (χ2n) is 5.46. The number of carbonyl (C=O) groups is 1. The van der Waals surface area contributed by atoms with Crippen molar-refractivity contribution in [3.8, 4) is 5.75 Å². The van der Waals surface area contributed by atoms with Crippen molar-refractivity contribution in [3.63, 3.8) is 0 Å². The molecule has 1 fully saturated rings. The average molecular weight is 292 g/mol. The summed E-state index contributed by atoms with van der Waals surface area (Å²) in [6, 6.07) is 4.70. The molecule has 0 unspecified atom stereocenters. The molecule has 108 valence electrons. The van der Waals surface area contributed by atoms with Crippen molar-refractivity contribution in [2.24, 2.45) is 5.73 Å². The number of benzene rings is 1. The molecule has 0 atom stereocenters. The van der Waals surface area contributed by atoms with Crippen LogP contribution in [0.2, 0.25) is 0 Å². The van der Waals surface area contributed by atoms with Gasteiger partial charge in [-0.3, -0.25) is 4.79 Å². The van der Waals surface area contributed by atoms with Crippen molar-refractivity contribution in [3.05, 3.63) is 29.3 Å². The number of phenolic OH excluding ortho intramolecular Hbond substituents is 1. The fourth-order valence-electron chi connectivity index (χ4n) is 2.78. The zero-order valence-electron chi connectivity index (χ0n) is 11.6. The summed E-state index contributed by atoms with van der Waals surface area (Å²) in [7, 11) is 0. The molecule has 1 saturated carbocycles. The Hall–Kier alpha value is -1.62. The molecule has 0 aromatic heterocycles. The minimum atomic E-state index is -0.561. The lowest BCUT2D eigenvalue weighted by Gasteiger charge is -2.37. The van der Waals surface area contributed by atoms with Crippen molar-refractivity contribution in [2.45, 2.75) is 44.6 Å². The van der Waals surface area contributed by atoms with Crippen LogP contribution in [-0.4, -0.2) is 21.5 Å². The summed E-state index contributed by atoms with van der Waals surface area (Å²) in [5.74, 6) is -0.0297. The van der Waals surface area contributed by atoms with E-state index in [1.165, 1.54) is 6.07 Å². The van der Waals surface area contributed by atoms with E-state index in [0.29, 0.717) is 10.6 Å². The van der Waals surface area contributed by atoms with Gasteiger partial charge in [0.05, 0.1) is 10.5 Å². The molecule has 0 bridgehead atoms. The Labute approximate surface area is 124 Å². The van der Waals surface area contributed by atoms with Gasteiger partial charge in [-0.15, -0.1) is 0 Å². The highest BCUT2D eigenvalue weighted by Crippen LogP contribution is 2.29. The molecule has 5 heteroatoms. The number of nitrogens with one attached hydrogen (secondary N) is 1. The van der Waals surface area contributed by atoms with E-state index in [-0.39, 0.29) is 11.7 Å². The van der Waals surface area contributed by atoms with Crippen LogP contribution in [0.3, 0.4) is 0 Å². The van der Waals surface area contributed by atoms with Crippen LogP contribution in [0.4, 0.5) is 0 Å². The number of hydrogen-bond acceptors (Lipinski definition) is 3. The van der Waals surface area contributed by atoms with Crippen LogP contribution in [0.5, 0.6) is 5.75 Å². The molecule has 1 aromatic carbocycles. The second-order valence-corrected chi connectivity index (χ2v) is 5.90. The first-order valence-corrected chi connectivity index (χ1v) is 7.27. The van der Waals surface area contributed by atoms with Gasteiger partial charge < -0.3 is 16.2 Å². The van der Waals surface area contributed by atoms with E-state index in [2.05, 4.69) is 5.32 Å². The van der Waals surface area contributed by atoms with E-state index in [0.717, 1.165) is 37.7 Å². The normalized spacial score (nSPS) is 17.4. The highest BCUT2D eigenvalue weighted by molar-refractivity contribution is 7.80. The van der Waals surface area contributed by atoms with Crippen LogP contribution in [0.15, 0.2) is 18.2 Å². The monoisotopic (exact) mass is 292 g/mol. The number of carbonyl (C=O) groups excluding carboxylic acids is 1. The van der Waals surface area contributed by atoms with E-state index >= 15 is 0 Å². The Balaban J connectivity index is 2.22. The van der Waals surface area contributed by atoms with Gasteiger partial charge in [0, 0.05) is 5.56 Å². The predicted octanol–water partition coefficient (Wildman–Crippen LogP) is 2.42. The van der Waals surface area contributed by atoms with Crippen LogP contribution in [0.25, 0.3) is 0 Å². The first kappa shape index (κ1) is 14.8. The molecule has 4 nitrogen and oxygen atoms in total. The molecule has 2 rings (SSSR count). The zero-order valence-corrected chi connectivity index (χ0v) is 12.4. The standard InChI is InChI=1S/C15H20N2O2S/c1-10-9-11(18)5-6-12(10)13(19)17-15(14(16)20)7-3-2-4-8-15/h5-6,9,18H,2-4,7-8H2,1H3,(H2,16,20)(H,17,19). The van der Waals surface area contributed by atoms with Gasteiger partial charge >= 0.3 is 0 Å². The van der Waals surface area contributed by atoms with E-state index in [1.54, 1.807) is 19.1 Å². The van der Waals surface area contributed by atoms with Gasteiger partial charge in [-0.25, -0.2) is 0 Å². The smallest absolute Gasteiger partial charge is 0.252 e. The number of aromatic hydroxyl groups is 1. The number of aryl methyl sites for hydroxylation is 1. The number of thiocarbonyl (C=S) groups is 1. The quantitative estimate of drug-likeness (QED) is 0.748. The summed E-state index contributed by atoms with van der Waals surface area (Å²) in [6.45, 7) is 1.79. The lowest BCUT2D eigenvalue weighted by molar-refractivity contribution is 0.0908. The van der Waals surface area contributed by atoms with Gasteiger partial charge in [-0.05, 0) is 43.5 Å². The summed E-state index contributed by atoms with van der Waals surface area (Å²) >= 11 is 5.17. The van der Waals surface area contributed by atoms with Gasteiger partial charge in [0.1, 0.15) is 5.75 Å². The Morgan fingerprint density at radius 1 is 1.35 bits per heavy atom. The van der Waals surface area contributed by atoms with Crippen LogP contribution >= 0.6 is 12.2 Å². The highest BCUT2D eigenvalue weighted by atomic mass is 32.1. The average Bonchev–Trinajstić information content (AvgIpc) is 2.39. The molecule has 0 spiro atoms. The fraction of sp³-hybridized carbons (Fsp3) is 0.467. The Morgan fingerprint density at radius 2 is 2.00 bits per heavy atom. The Kier molecular flexibility index (Phi) is 4.28. The fourth-order valence-corrected chi connectivity index (χ4v) is 3.03. The molecule has 1 aliphatic carbocycles. The molecule has 20 heavy (non-hydrogen) atoms. The van der Waals surface area contributed by atoms with Crippen molar-refractivity contribution in [1.29, 1.82) is 0 Å². The van der Waals surface area contributed by atoms with Crippen LogP contribution < -0.4 is 11.1 Å². The number of rotatable bonds is 3. The third-order valence-electron chi connectivity index (χ3n) is 3.99. The maximum Gasteiger partial charge on any atom is 0.252 e. The summed E-state index contributed by atoms with van der Waals surface area (Å²) in [6.07, 6.45) is 4.78. The van der Waals surface area contributed by atoms with Crippen LogP contribution in [-0.2, 0) is 0 Å². The Morgan fingerprint density at radius 3 is 2.55 bits per heavy atom. The van der Waals surface area contributed by atoms with Crippen LogP contribution in [0.1, 0.15) is 48.0 Å². The minimum absolute atomic E-state index is 0.153. The Bertz CT molecular complexity index is 537. The molecule has 0 radical (unpaired) electrons. The predicted molar refractivity (Wildman–Crippen MR) is 82.9 cm³/mol. The minimum Gasteiger partial charge on any atom is -0.508 e. The van der Waals surface area contributed by atoms with E-state index < -0.39 is 5.54 Å². The molecular formula is C15H20N2O2S. The van der Waals surface area contributed by atoms with Gasteiger partial charge in [-0.1, -0.05) is 31.5 Å². The number of amides is 1. The van der Waals surface area contributed by atoms with Gasteiger partial charge in [0.15, 0.2) is 0 Å². The summed E-state index contributed by atoms with van der Waals surface area (Å²) in [4.78, 5) is 12.8. The van der Waals surface area contributed by atoms with Crippen molar-refractivity contribution in [2.75, 3.05) is 0 Å². The molecule has 1 amide bonds. The first-order chi connectivity index (χ1) is 9.44. The lowest BCUT2D eigenvalue weighted by atomic mass is 9.81. The van der Waals surface area contributed by atoms with Gasteiger partial charge in [0.25, 0.3) is 5.91 Å². The summed E-state index contributed by atoms with van der Waals surface area (Å²) in [5.41, 5.74) is 6.59. The zero-order chi connectivity index (χ0) is 14.8. The summed E-state index contributed by atoms with van der Waals surface area (Å²) < 4.78 is 0. The van der Waals surface area contributed by atoms with E-state index in [9.17, 15) is 9.90 Å². The molecule has 0 aliphatic heterocycles. The highest BCUT2D eigenvalue weighted by Gasteiger charge is 2.36. The van der Waals surface area contributed by atoms with Crippen molar-refractivity contribution < 1.29 is 9.90 Å². The van der Waals surface area contributed by atoms with Crippen molar-refractivity contribution in [1.82, 2.24) is 5.32 Å². The van der Waals surface area contributed by atoms with E-state index in [4.69, 9.17) is 18.0 Å². The number of nitrogens with two attached hydrogens (primary N) is 1. The SMILES string of the molecule is Cc1cc(O)ccc1C(=O)NC1(C(N)=S)CCCCC1. The van der Waals surface area contributed by atoms with Crippen LogP contribution in [0, 0.1) is 6.92 Å². The second kappa shape index (κ2) is 5.79. The molecule has 1 aromatic rings.